The normalized spacial score (nSPS) is 24.6. The van der Waals surface area contributed by atoms with Crippen LogP contribution in [-0.2, 0) is 0 Å². The Hall–Kier alpha value is -1.13. The summed E-state index contributed by atoms with van der Waals surface area (Å²) < 4.78 is 0. The van der Waals surface area contributed by atoms with E-state index in [0.29, 0.717) is 12.0 Å². The van der Waals surface area contributed by atoms with Gasteiger partial charge in [-0.3, -0.25) is 0 Å². The number of piperidine rings is 1. The second-order valence-corrected chi connectivity index (χ2v) is 5.51. The maximum Gasteiger partial charge on any atom is 0.171 e. The van der Waals surface area contributed by atoms with Gasteiger partial charge in [0.1, 0.15) is 0 Å². The van der Waals surface area contributed by atoms with Crippen LogP contribution in [0.4, 0.5) is 5.69 Å². The molecule has 1 fully saturated rings. The van der Waals surface area contributed by atoms with Gasteiger partial charge in [-0.25, -0.2) is 0 Å². The van der Waals surface area contributed by atoms with Gasteiger partial charge in [0.05, 0.1) is 0 Å². The number of thiocarbonyl (C=S) groups is 1. The van der Waals surface area contributed by atoms with E-state index in [2.05, 4.69) is 29.5 Å². The average Bonchev–Trinajstić information content (AvgIpc) is 2.34. The Bertz CT molecular complexity index is 393. The SMILES string of the molecule is CC1CN(C)CCC1NC(=S)Nc1ccccc1. The third-order valence-corrected chi connectivity index (χ3v) is 3.68. The zero-order valence-electron chi connectivity index (χ0n) is 11.0. The molecule has 2 unspecified atom stereocenters. The van der Waals surface area contributed by atoms with Crippen LogP contribution >= 0.6 is 12.2 Å². The molecule has 2 atom stereocenters. The van der Waals surface area contributed by atoms with Crippen LogP contribution in [0.3, 0.4) is 0 Å². The van der Waals surface area contributed by atoms with Crippen LogP contribution < -0.4 is 10.6 Å². The number of benzene rings is 1. The number of nitrogens with one attached hydrogen (secondary N) is 2. The molecule has 1 aliphatic rings. The maximum absolute atomic E-state index is 5.36. The predicted molar refractivity (Wildman–Crippen MR) is 80.9 cm³/mol. The van der Waals surface area contributed by atoms with Gasteiger partial charge in [-0.2, -0.15) is 0 Å². The van der Waals surface area contributed by atoms with E-state index in [1.54, 1.807) is 0 Å². The van der Waals surface area contributed by atoms with Gasteiger partial charge in [0.15, 0.2) is 5.11 Å². The molecule has 2 N–H and O–H groups in total. The van der Waals surface area contributed by atoms with Gasteiger partial charge < -0.3 is 15.5 Å². The predicted octanol–water partition coefficient (Wildman–Crippen LogP) is 2.31. The van der Waals surface area contributed by atoms with Crippen molar-refractivity contribution in [1.82, 2.24) is 10.2 Å². The van der Waals surface area contributed by atoms with Crippen molar-refractivity contribution in [2.24, 2.45) is 5.92 Å². The van der Waals surface area contributed by atoms with E-state index < -0.39 is 0 Å². The first-order valence-corrected chi connectivity index (χ1v) is 6.87. The van der Waals surface area contributed by atoms with Gasteiger partial charge in [0.2, 0.25) is 0 Å². The van der Waals surface area contributed by atoms with Crippen LogP contribution in [0.2, 0.25) is 0 Å². The summed E-state index contributed by atoms with van der Waals surface area (Å²) in [5, 5.41) is 7.38. The minimum atomic E-state index is 0.477. The molecule has 0 spiro atoms. The highest BCUT2D eigenvalue weighted by Gasteiger charge is 2.24. The molecule has 98 valence electrons. The molecule has 4 heteroatoms. The average molecular weight is 263 g/mol. The summed E-state index contributed by atoms with van der Waals surface area (Å²) in [5.41, 5.74) is 1.04. The Labute approximate surface area is 115 Å². The van der Waals surface area contributed by atoms with Crippen molar-refractivity contribution >= 4 is 23.0 Å². The third kappa shape index (κ3) is 3.68. The zero-order valence-corrected chi connectivity index (χ0v) is 11.8. The number of anilines is 1. The quantitative estimate of drug-likeness (QED) is 0.801. The number of hydrogen-bond acceptors (Lipinski definition) is 2. The van der Waals surface area contributed by atoms with E-state index in [1.165, 1.54) is 0 Å². The fourth-order valence-electron chi connectivity index (χ4n) is 2.43. The van der Waals surface area contributed by atoms with Gasteiger partial charge in [-0.05, 0) is 50.3 Å². The minimum absolute atomic E-state index is 0.477. The van der Waals surface area contributed by atoms with E-state index in [4.69, 9.17) is 12.2 Å². The van der Waals surface area contributed by atoms with E-state index in [1.807, 2.05) is 30.3 Å². The Kier molecular flexibility index (Phi) is 4.55. The van der Waals surface area contributed by atoms with Crippen molar-refractivity contribution in [3.8, 4) is 0 Å². The molecule has 0 amide bonds. The van der Waals surface area contributed by atoms with Crippen molar-refractivity contribution in [3.05, 3.63) is 30.3 Å². The topological polar surface area (TPSA) is 27.3 Å². The van der Waals surface area contributed by atoms with Crippen LogP contribution in [0, 0.1) is 5.92 Å². The Balaban J connectivity index is 1.84. The second kappa shape index (κ2) is 6.16. The molecule has 1 aromatic rings. The number of para-hydroxylation sites is 1. The molecule has 2 rings (SSSR count). The summed E-state index contributed by atoms with van der Waals surface area (Å²) in [6.07, 6.45) is 1.15. The molecule has 1 aliphatic heterocycles. The van der Waals surface area contributed by atoms with Crippen LogP contribution in [0.25, 0.3) is 0 Å². The number of hydrogen-bond donors (Lipinski definition) is 2. The minimum Gasteiger partial charge on any atom is -0.359 e. The number of rotatable bonds is 2. The highest BCUT2D eigenvalue weighted by molar-refractivity contribution is 7.80. The molecule has 0 bridgehead atoms. The smallest absolute Gasteiger partial charge is 0.171 e. The molecular formula is C14H21N3S. The third-order valence-electron chi connectivity index (χ3n) is 3.46. The summed E-state index contributed by atoms with van der Waals surface area (Å²) >= 11 is 5.36. The summed E-state index contributed by atoms with van der Waals surface area (Å²) in [6.45, 7) is 4.54. The highest BCUT2D eigenvalue weighted by atomic mass is 32.1. The first-order valence-electron chi connectivity index (χ1n) is 6.46. The maximum atomic E-state index is 5.36. The summed E-state index contributed by atoms with van der Waals surface area (Å²) in [7, 11) is 2.17. The van der Waals surface area contributed by atoms with Gasteiger partial charge in [0.25, 0.3) is 0 Å². The van der Waals surface area contributed by atoms with Crippen LogP contribution in [-0.4, -0.2) is 36.2 Å². The van der Waals surface area contributed by atoms with Crippen LogP contribution in [0.1, 0.15) is 13.3 Å². The standard InChI is InChI=1S/C14H21N3S/c1-11-10-17(2)9-8-13(11)16-14(18)15-12-6-4-3-5-7-12/h3-7,11,13H,8-10H2,1-2H3,(H2,15,16,18). The van der Waals surface area contributed by atoms with E-state index in [0.717, 1.165) is 30.3 Å². The fraction of sp³-hybridized carbons (Fsp3) is 0.500. The van der Waals surface area contributed by atoms with Crippen molar-refractivity contribution in [3.63, 3.8) is 0 Å². The Morgan fingerprint density at radius 2 is 2.06 bits per heavy atom. The molecule has 1 heterocycles. The van der Waals surface area contributed by atoms with Gasteiger partial charge in [-0.1, -0.05) is 25.1 Å². The van der Waals surface area contributed by atoms with Crippen LogP contribution in [0.15, 0.2) is 30.3 Å². The molecule has 3 nitrogen and oxygen atoms in total. The molecule has 0 aliphatic carbocycles. The second-order valence-electron chi connectivity index (χ2n) is 5.10. The van der Waals surface area contributed by atoms with Gasteiger partial charge in [0, 0.05) is 18.3 Å². The van der Waals surface area contributed by atoms with Gasteiger partial charge in [-0.15, -0.1) is 0 Å². The van der Waals surface area contributed by atoms with Crippen molar-refractivity contribution < 1.29 is 0 Å². The molecule has 0 aromatic heterocycles. The van der Waals surface area contributed by atoms with E-state index in [-0.39, 0.29) is 0 Å². The lowest BCUT2D eigenvalue weighted by molar-refractivity contribution is 0.187. The van der Waals surface area contributed by atoms with E-state index in [9.17, 15) is 0 Å². The molecule has 1 saturated heterocycles. The van der Waals surface area contributed by atoms with Crippen molar-refractivity contribution in [2.75, 3.05) is 25.5 Å². The first-order chi connectivity index (χ1) is 8.65. The Morgan fingerprint density at radius 3 is 2.72 bits per heavy atom. The lowest BCUT2D eigenvalue weighted by atomic mass is 9.94. The molecule has 18 heavy (non-hydrogen) atoms. The van der Waals surface area contributed by atoms with E-state index >= 15 is 0 Å². The molecule has 0 radical (unpaired) electrons. The Morgan fingerprint density at radius 1 is 1.33 bits per heavy atom. The summed E-state index contributed by atoms with van der Waals surface area (Å²) in [6, 6.07) is 10.5. The lowest BCUT2D eigenvalue weighted by Crippen LogP contribution is -2.49. The number of likely N-dealkylation sites (tertiary alicyclic amines) is 1. The first kappa shape index (κ1) is 13.3. The zero-order chi connectivity index (χ0) is 13.0. The highest BCUT2D eigenvalue weighted by Crippen LogP contribution is 2.15. The van der Waals surface area contributed by atoms with Crippen molar-refractivity contribution in [1.29, 1.82) is 0 Å². The molecule has 1 aromatic carbocycles. The summed E-state index contributed by atoms with van der Waals surface area (Å²) in [5.74, 6) is 0.624. The fourth-order valence-corrected chi connectivity index (χ4v) is 2.69. The molecular weight excluding hydrogens is 242 g/mol. The van der Waals surface area contributed by atoms with Crippen molar-refractivity contribution in [2.45, 2.75) is 19.4 Å². The van der Waals surface area contributed by atoms with Gasteiger partial charge >= 0.3 is 0 Å². The number of nitrogens with zero attached hydrogens (tertiary/aromatic N) is 1. The van der Waals surface area contributed by atoms with Crippen LogP contribution in [0.5, 0.6) is 0 Å². The summed E-state index contributed by atoms with van der Waals surface area (Å²) in [4.78, 5) is 2.37. The lowest BCUT2D eigenvalue weighted by Gasteiger charge is -2.35. The largest absolute Gasteiger partial charge is 0.359 e. The monoisotopic (exact) mass is 263 g/mol. The molecule has 0 saturated carbocycles.